The van der Waals surface area contributed by atoms with Crippen LogP contribution in [0, 0.1) is 11.3 Å². The molecule has 0 amide bonds. The smallest absolute Gasteiger partial charge is 0.121 e. The Morgan fingerprint density at radius 1 is 1.28 bits per heavy atom. The van der Waals surface area contributed by atoms with Crippen molar-refractivity contribution < 1.29 is 4.74 Å². The minimum absolute atomic E-state index is 0.253. The van der Waals surface area contributed by atoms with Crippen molar-refractivity contribution in [1.29, 1.82) is 0 Å². The van der Waals surface area contributed by atoms with Crippen molar-refractivity contribution in [3.63, 3.8) is 0 Å². The van der Waals surface area contributed by atoms with E-state index in [9.17, 15) is 0 Å². The van der Waals surface area contributed by atoms with Crippen LogP contribution in [0.4, 0.5) is 5.69 Å². The standard InChI is InChI=1S/C15H24BrNO/c1-15(2,3)12(10-16)11-18-14-8-6-7-13(9-14)17(4)5/h6-9,12H,10-11H2,1-5H3. The lowest BCUT2D eigenvalue weighted by Gasteiger charge is -2.29. The van der Waals surface area contributed by atoms with E-state index in [-0.39, 0.29) is 5.41 Å². The van der Waals surface area contributed by atoms with Crippen molar-refractivity contribution >= 4 is 21.6 Å². The third-order valence-electron chi connectivity index (χ3n) is 3.20. The maximum atomic E-state index is 5.92. The third kappa shape index (κ3) is 4.52. The van der Waals surface area contributed by atoms with Gasteiger partial charge in [0.2, 0.25) is 0 Å². The molecule has 0 aliphatic carbocycles. The van der Waals surface area contributed by atoms with Gasteiger partial charge in [0.15, 0.2) is 0 Å². The minimum atomic E-state index is 0.253. The summed E-state index contributed by atoms with van der Waals surface area (Å²) in [7, 11) is 4.07. The second-order valence-electron chi connectivity index (χ2n) is 5.92. The molecule has 0 spiro atoms. The molecule has 0 aliphatic rings. The highest BCUT2D eigenvalue weighted by molar-refractivity contribution is 9.09. The summed E-state index contributed by atoms with van der Waals surface area (Å²) < 4.78 is 5.92. The summed E-state index contributed by atoms with van der Waals surface area (Å²) in [4.78, 5) is 2.08. The van der Waals surface area contributed by atoms with Crippen molar-refractivity contribution in [2.45, 2.75) is 20.8 Å². The van der Waals surface area contributed by atoms with Gasteiger partial charge in [-0.25, -0.2) is 0 Å². The van der Waals surface area contributed by atoms with E-state index in [4.69, 9.17) is 4.74 Å². The molecule has 1 aromatic carbocycles. The zero-order valence-electron chi connectivity index (χ0n) is 12.0. The molecule has 0 aromatic heterocycles. The van der Waals surface area contributed by atoms with Crippen LogP contribution in [0.15, 0.2) is 24.3 Å². The second kappa shape index (κ2) is 6.46. The highest BCUT2D eigenvalue weighted by Gasteiger charge is 2.24. The molecule has 0 radical (unpaired) electrons. The second-order valence-corrected chi connectivity index (χ2v) is 6.57. The molecule has 0 bridgehead atoms. The normalized spacial score (nSPS) is 13.2. The van der Waals surface area contributed by atoms with Crippen LogP contribution in [0.5, 0.6) is 5.75 Å². The van der Waals surface area contributed by atoms with E-state index in [0.29, 0.717) is 5.92 Å². The highest BCUT2D eigenvalue weighted by Crippen LogP contribution is 2.29. The molecule has 18 heavy (non-hydrogen) atoms. The van der Waals surface area contributed by atoms with Crippen molar-refractivity contribution in [2.24, 2.45) is 11.3 Å². The summed E-state index contributed by atoms with van der Waals surface area (Å²) in [5.41, 5.74) is 1.42. The number of nitrogens with zero attached hydrogens (tertiary/aromatic N) is 1. The first-order valence-corrected chi connectivity index (χ1v) is 7.43. The molecular formula is C15H24BrNO. The van der Waals surface area contributed by atoms with Crippen LogP contribution in [-0.4, -0.2) is 26.0 Å². The van der Waals surface area contributed by atoms with Crippen molar-refractivity contribution in [3.8, 4) is 5.75 Å². The molecule has 0 saturated carbocycles. The molecule has 1 aromatic rings. The van der Waals surface area contributed by atoms with Gasteiger partial charge in [0.1, 0.15) is 5.75 Å². The lowest BCUT2D eigenvalue weighted by Crippen LogP contribution is -2.27. The van der Waals surface area contributed by atoms with Crippen LogP contribution in [0.1, 0.15) is 20.8 Å². The molecule has 2 nitrogen and oxygen atoms in total. The lowest BCUT2D eigenvalue weighted by atomic mass is 9.83. The molecule has 0 heterocycles. The first-order chi connectivity index (χ1) is 8.34. The zero-order chi connectivity index (χ0) is 13.8. The summed E-state index contributed by atoms with van der Waals surface area (Å²) in [6.07, 6.45) is 0. The van der Waals surface area contributed by atoms with Gasteiger partial charge in [0.05, 0.1) is 6.61 Å². The van der Waals surface area contributed by atoms with Crippen LogP contribution in [0.2, 0.25) is 0 Å². The average Bonchev–Trinajstić information content (AvgIpc) is 2.28. The topological polar surface area (TPSA) is 12.5 Å². The summed E-state index contributed by atoms with van der Waals surface area (Å²) in [6.45, 7) is 7.49. The van der Waals surface area contributed by atoms with Crippen LogP contribution >= 0.6 is 15.9 Å². The van der Waals surface area contributed by atoms with E-state index in [1.165, 1.54) is 5.69 Å². The Labute approximate surface area is 119 Å². The van der Waals surface area contributed by atoms with Gasteiger partial charge in [-0.1, -0.05) is 42.8 Å². The molecule has 0 N–H and O–H groups in total. The largest absolute Gasteiger partial charge is 0.493 e. The van der Waals surface area contributed by atoms with E-state index in [1.807, 2.05) is 26.2 Å². The monoisotopic (exact) mass is 313 g/mol. The Morgan fingerprint density at radius 3 is 2.44 bits per heavy atom. The Hall–Kier alpha value is -0.700. The number of ether oxygens (including phenoxy) is 1. The number of rotatable bonds is 5. The van der Waals surface area contributed by atoms with Crippen molar-refractivity contribution in [2.75, 3.05) is 30.9 Å². The summed E-state index contributed by atoms with van der Waals surface area (Å²) in [6, 6.07) is 8.21. The average molecular weight is 314 g/mol. The van der Waals surface area contributed by atoms with Crippen molar-refractivity contribution in [3.05, 3.63) is 24.3 Å². The third-order valence-corrected chi connectivity index (χ3v) is 3.98. The Balaban J connectivity index is 2.65. The van der Waals surface area contributed by atoms with E-state index in [2.05, 4.69) is 53.7 Å². The van der Waals surface area contributed by atoms with Crippen LogP contribution in [0.25, 0.3) is 0 Å². The van der Waals surface area contributed by atoms with Crippen LogP contribution in [-0.2, 0) is 0 Å². The van der Waals surface area contributed by atoms with Crippen molar-refractivity contribution in [1.82, 2.24) is 0 Å². The molecule has 0 saturated heterocycles. The molecule has 0 aliphatic heterocycles. The van der Waals surface area contributed by atoms with E-state index < -0.39 is 0 Å². The van der Waals surface area contributed by atoms with Gasteiger partial charge < -0.3 is 9.64 Å². The van der Waals surface area contributed by atoms with Crippen LogP contribution < -0.4 is 9.64 Å². The maximum absolute atomic E-state index is 5.92. The molecule has 1 rings (SSSR count). The number of hydrogen-bond donors (Lipinski definition) is 0. The van der Waals surface area contributed by atoms with E-state index in [1.54, 1.807) is 0 Å². The summed E-state index contributed by atoms with van der Waals surface area (Å²) in [5.74, 6) is 1.44. The fourth-order valence-electron chi connectivity index (χ4n) is 1.57. The van der Waals surface area contributed by atoms with E-state index in [0.717, 1.165) is 17.7 Å². The number of anilines is 1. The zero-order valence-corrected chi connectivity index (χ0v) is 13.6. The molecule has 1 unspecified atom stereocenters. The Kier molecular flexibility index (Phi) is 5.51. The molecule has 3 heteroatoms. The number of hydrogen-bond acceptors (Lipinski definition) is 2. The Bertz CT molecular complexity index is 371. The predicted molar refractivity (Wildman–Crippen MR) is 83.0 cm³/mol. The SMILES string of the molecule is CN(C)c1cccc(OCC(CBr)C(C)(C)C)c1. The van der Waals surface area contributed by atoms with Gasteiger partial charge in [-0.05, 0) is 17.5 Å². The maximum Gasteiger partial charge on any atom is 0.121 e. The van der Waals surface area contributed by atoms with Gasteiger partial charge in [-0.2, -0.15) is 0 Å². The first kappa shape index (κ1) is 15.4. The van der Waals surface area contributed by atoms with Gasteiger partial charge in [0, 0.05) is 37.1 Å². The fraction of sp³-hybridized carbons (Fsp3) is 0.600. The molecule has 1 atom stereocenters. The molecular weight excluding hydrogens is 290 g/mol. The highest BCUT2D eigenvalue weighted by atomic mass is 79.9. The fourth-order valence-corrected chi connectivity index (χ4v) is 2.73. The summed E-state index contributed by atoms with van der Waals surface area (Å²) >= 11 is 3.57. The minimum Gasteiger partial charge on any atom is -0.493 e. The summed E-state index contributed by atoms with van der Waals surface area (Å²) in [5, 5.41) is 0.962. The molecule has 102 valence electrons. The predicted octanol–water partition coefficient (Wildman–Crippen LogP) is 4.19. The Morgan fingerprint density at radius 2 is 1.94 bits per heavy atom. The van der Waals surface area contributed by atoms with Crippen LogP contribution in [0.3, 0.4) is 0 Å². The first-order valence-electron chi connectivity index (χ1n) is 6.30. The number of alkyl halides is 1. The number of halogens is 1. The molecule has 0 fully saturated rings. The van der Waals surface area contributed by atoms with Gasteiger partial charge >= 0.3 is 0 Å². The van der Waals surface area contributed by atoms with E-state index >= 15 is 0 Å². The lowest BCUT2D eigenvalue weighted by molar-refractivity contribution is 0.166. The van der Waals surface area contributed by atoms with Gasteiger partial charge in [0.25, 0.3) is 0 Å². The number of benzene rings is 1. The van der Waals surface area contributed by atoms with Gasteiger partial charge in [-0.3, -0.25) is 0 Å². The van der Waals surface area contributed by atoms with Gasteiger partial charge in [-0.15, -0.1) is 0 Å². The quantitative estimate of drug-likeness (QED) is 0.756.